The van der Waals surface area contributed by atoms with E-state index in [-0.39, 0.29) is 0 Å². The molecule has 12 heavy (non-hydrogen) atoms. The minimum atomic E-state index is 0.522. The molecule has 0 aliphatic rings. The lowest BCUT2D eigenvalue weighted by atomic mass is 10.2. The van der Waals surface area contributed by atoms with Gasteiger partial charge in [-0.05, 0) is 19.3 Å². The van der Waals surface area contributed by atoms with Crippen molar-refractivity contribution in [3.05, 3.63) is 12.3 Å². The highest BCUT2D eigenvalue weighted by atomic mass is 16.1. The van der Waals surface area contributed by atoms with Crippen LogP contribution in [-0.4, -0.2) is 18.7 Å². The fraction of sp³-hybridized carbons (Fsp3) is 0.500. The molecule has 0 radical (unpaired) electrons. The first-order valence-electron chi connectivity index (χ1n) is 3.67. The van der Waals surface area contributed by atoms with Gasteiger partial charge in [-0.2, -0.15) is 4.99 Å². The minimum absolute atomic E-state index is 0.522. The molecule has 0 amide bonds. The molecule has 64 valence electrons. The van der Waals surface area contributed by atoms with Crippen LogP contribution in [0.5, 0.6) is 0 Å². The Morgan fingerprint density at radius 2 is 2.00 bits per heavy atom. The second-order valence-electron chi connectivity index (χ2n) is 2.07. The monoisotopic (exact) mass is 166 g/mol. The largest absolute Gasteiger partial charge is 0.239 e. The van der Waals surface area contributed by atoms with Crippen molar-refractivity contribution < 1.29 is 9.59 Å². The van der Waals surface area contributed by atoms with Crippen molar-refractivity contribution in [1.82, 2.24) is 0 Å². The molecule has 0 saturated heterocycles. The topological polar surface area (TPSA) is 58.9 Å². The predicted octanol–water partition coefficient (Wildman–Crippen LogP) is 1.34. The van der Waals surface area contributed by atoms with Crippen molar-refractivity contribution in [1.29, 1.82) is 0 Å². The summed E-state index contributed by atoms with van der Waals surface area (Å²) in [4.78, 5) is 25.8. The Kier molecular flexibility index (Phi) is 8.31. The number of hydrogen-bond donors (Lipinski definition) is 0. The summed E-state index contributed by atoms with van der Waals surface area (Å²) in [6.45, 7) is 0.522. The lowest BCUT2D eigenvalue weighted by molar-refractivity contribution is 0.561. The molecule has 4 nitrogen and oxygen atoms in total. The van der Waals surface area contributed by atoms with Crippen molar-refractivity contribution in [3.8, 4) is 0 Å². The number of isocyanates is 2. The van der Waals surface area contributed by atoms with Gasteiger partial charge in [-0.15, -0.1) is 0 Å². The summed E-state index contributed by atoms with van der Waals surface area (Å²) < 4.78 is 0. The molecular formula is C8H10N2O2. The third-order valence-corrected chi connectivity index (χ3v) is 1.19. The molecule has 0 fully saturated rings. The van der Waals surface area contributed by atoms with Crippen molar-refractivity contribution in [2.45, 2.75) is 19.3 Å². The molecule has 0 aromatic rings. The van der Waals surface area contributed by atoms with Gasteiger partial charge in [0, 0.05) is 6.20 Å². The van der Waals surface area contributed by atoms with Crippen molar-refractivity contribution in [2.24, 2.45) is 9.98 Å². The lowest BCUT2D eigenvalue weighted by Gasteiger charge is -1.88. The van der Waals surface area contributed by atoms with Crippen molar-refractivity contribution in [3.63, 3.8) is 0 Å². The maximum atomic E-state index is 9.62. The van der Waals surface area contributed by atoms with Crippen LogP contribution in [0.15, 0.2) is 22.3 Å². The molecule has 0 saturated carbocycles. The van der Waals surface area contributed by atoms with Crippen molar-refractivity contribution in [2.75, 3.05) is 6.54 Å². The van der Waals surface area contributed by atoms with E-state index in [2.05, 4.69) is 9.98 Å². The van der Waals surface area contributed by atoms with E-state index >= 15 is 0 Å². The van der Waals surface area contributed by atoms with Gasteiger partial charge in [0.25, 0.3) is 0 Å². The Labute approximate surface area is 70.7 Å². The highest BCUT2D eigenvalue weighted by Gasteiger charge is 1.82. The first kappa shape index (κ1) is 10.5. The number of allylic oxidation sites excluding steroid dienone is 1. The second kappa shape index (κ2) is 9.50. The maximum absolute atomic E-state index is 9.62. The molecule has 0 rings (SSSR count). The number of rotatable bonds is 6. The third-order valence-electron chi connectivity index (χ3n) is 1.19. The molecule has 0 aromatic heterocycles. The number of carbonyl (C=O) groups excluding carboxylic acids is 2. The van der Waals surface area contributed by atoms with Gasteiger partial charge >= 0.3 is 0 Å². The molecule has 0 aliphatic carbocycles. The van der Waals surface area contributed by atoms with E-state index in [1.807, 2.05) is 0 Å². The van der Waals surface area contributed by atoms with Crippen LogP contribution in [0.3, 0.4) is 0 Å². The Bertz CT molecular complexity index is 223. The number of aliphatic imine (C=N–C) groups is 2. The Balaban J connectivity index is 3.20. The van der Waals surface area contributed by atoms with Gasteiger partial charge in [0.05, 0.1) is 6.54 Å². The minimum Gasteiger partial charge on any atom is -0.211 e. The van der Waals surface area contributed by atoms with E-state index < -0.39 is 0 Å². The molecular weight excluding hydrogens is 156 g/mol. The average Bonchev–Trinajstić information content (AvgIpc) is 2.10. The van der Waals surface area contributed by atoms with E-state index in [1.165, 1.54) is 18.4 Å². The van der Waals surface area contributed by atoms with Crippen molar-refractivity contribution >= 4 is 12.2 Å². The van der Waals surface area contributed by atoms with Gasteiger partial charge < -0.3 is 0 Å². The zero-order chi connectivity index (χ0) is 9.07. The number of hydrogen-bond acceptors (Lipinski definition) is 4. The van der Waals surface area contributed by atoms with Crippen LogP contribution in [0.2, 0.25) is 0 Å². The summed E-state index contributed by atoms with van der Waals surface area (Å²) in [5.74, 6) is 0. The van der Waals surface area contributed by atoms with E-state index in [9.17, 15) is 9.59 Å². The summed E-state index contributed by atoms with van der Waals surface area (Å²) in [6, 6.07) is 0. The molecule has 0 N–H and O–H groups in total. The quantitative estimate of drug-likeness (QED) is 0.339. The number of nitrogens with zero attached hydrogens (tertiary/aromatic N) is 2. The average molecular weight is 166 g/mol. The zero-order valence-electron chi connectivity index (χ0n) is 6.69. The summed E-state index contributed by atoms with van der Waals surface area (Å²) in [5, 5.41) is 0. The Morgan fingerprint density at radius 1 is 1.17 bits per heavy atom. The van der Waals surface area contributed by atoms with Gasteiger partial charge in [0.2, 0.25) is 12.2 Å². The zero-order valence-corrected chi connectivity index (χ0v) is 6.69. The highest BCUT2D eigenvalue weighted by Crippen LogP contribution is 1.96. The van der Waals surface area contributed by atoms with Gasteiger partial charge in [-0.3, -0.25) is 0 Å². The lowest BCUT2D eigenvalue weighted by Crippen LogP contribution is -1.79. The molecule has 0 aliphatic heterocycles. The molecule has 0 aromatic carbocycles. The van der Waals surface area contributed by atoms with Crippen LogP contribution >= 0.6 is 0 Å². The van der Waals surface area contributed by atoms with Crippen LogP contribution in [-0.2, 0) is 9.59 Å². The van der Waals surface area contributed by atoms with Crippen LogP contribution < -0.4 is 0 Å². The first-order chi connectivity index (χ1) is 5.91. The van der Waals surface area contributed by atoms with E-state index in [4.69, 9.17) is 0 Å². The van der Waals surface area contributed by atoms with Crippen LogP contribution in [0.25, 0.3) is 0 Å². The highest BCUT2D eigenvalue weighted by molar-refractivity contribution is 5.34. The number of unbranched alkanes of at least 4 members (excludes halogenated alkanes) is 2. The fourth-order valence-electron chi connectivity index (χ4n) is 0.656. The summed E-state index contributed by atoms with van der Waals surface area (Å²) >= 11 is 0. The Hall–Kier alpha value is -1.50. The molecule has 0 atom stereocenters. The first-order valence-corrected chi connectivity index (χ1v) is 3.67. The molecule has 0 bridgehead atoms. The van der Waals surface area contributed by atoms with Gasteiger partial charge in [0.1, 0.15) is 0 Å². The Morgan fingerprint density at radius 3 is 2.67 bits per heavy atom. The normalized spacial score (nSPS) is 9.00. The molecule has 0 heterocycles. The summed E-state index contributed by atoms with van der Waals surface area (Å²) in [7, 11) is 0. The molecule has 0 unspecified atom stereocenters. The van der Waals surface area contributed by atoms with Crippen LogP contribution in [0.4, 0.5) is 0 Å². The molecule has 4 heteroatoms. The van der Waals surface area contributed by atoms with Gasteiger partial charge in [-0.25, -0.2) is 14.6 Å². The predicted molar refractivity (Wildman–Crippen MR) is 44.1 cm³/mol. The summed E-state index contributed by atoms with van der Waals surface area (Å²) in [6.07, 6.45) is 8.66. The van der Waals surface area contributed by atoms with E-state index in [1.54, 1.807) is 6.08 Å². The van der Waals surface area contributed by atoms with Gasteiger partial charge in [-0.1, -0.05) is 6.08 Å². The van der Waals surface area contributed by atoms with E-state index in [0.717, 1.165) is 19.3 Å². The SMILES string of the molecule is O=C=N/C=C/CCCCN=C=O. The van der Waals surface area contributed by atoms with Crippen LogP contribution in [0, 0.1) is 0 Å². The summed E-state index contributed by atoms with van der Waals surface area (Å²) in [5.41, 5.74) is 0. The fourth-order valence-corrected chi connectivity index (χ4v) is 0.656. The van der Waals surface area contributed by atoms with Crippen LogP contribution in [0.1, 0.15) is 19.3 Å². The van der Waals surface area contributed by atoms with Gasteiger partial charge in [0.15, 0.2) is 0 Å². The second-order valence-corrected chi connectivity index (χ2v) is 2.07. The third kappa shape index (κ3) is 8.50. The standard InChI is InChI=1S/C8H10N2O2/c11-7-9-5-3-1-2-4-6-10-8-12/h3,5H,1-2,4,6H2/b5-3+. The van der Waals surface area contributed by atoms with E-state index in [0.29, 0.717) is 6.54 Å². The molecule has 0 spiro atoms. The maximum Gasteiger partial charge on any atom is 0.239 e. The smallest absolute Gasteiger partial charge is 0.211 e.